The molecule has 0 saturated carbocycles. The van der Waals surface area contributed by atoms with Crippen LogP contribution in [0.4, 0.5) is 11.4 Å². The van der Waals surface area contributed by atoms with Crippen LogP contribution in [0.15, 0.2) is 72.3 Å². The van der Waals surface area contributed by atoms with Crippen LogP contribution in [0.25, 0.3) is 5.76 Å². The summed E-state index contributed by atoms with van der Waals surface area (Å²) < 4.78 is 15.9. The first-order valence-electron chi connectivity index (χ1n) is 11.3. The Labute approximate surface area is 213 Å². The second-order valence-electron chi connectivity index (χ2n) is 8.24. The third kappa shape index (κ3) is 4.84. The van der Waals surface area contributed by atoms with Crippen molar-refractivity contribution in [2.24, 2.45) is 0 Å². The smallest absolute Gasteiger partial charge is 0.300 e. The van der Waals surface area contributed by atoms with E-state index in [1.54, 1.807) is 60.7 Å². The van der Waals surface area contributed by atoms with Gasteiger partial charge >= 0.3 is 0 Å². The Morgan fingerprint density at radius 3 is 2.08 bits per heavy atom. The van der Waals surface area contributed by atoms with Crippen LogP contribution in [0.1, 0.15) is 24.1 Å². The molecule has 1 aliphatic heterocycles. The largest absolute Gasteiger partial charge is 0.507 e. The summed E-state index contributed by atoms with van der Waals surface area (Å²) in [7, 11) is 4.49. The Kier molecular flexibility index (Phi) is 7.15. The van der Waals surface area contributed by atoms with E-state index in [-0.39, 0.29) is 22.8 Å². The molecule has 0 aromatic heterocycles. The summed E-state index contributed by atoms with van der Waals surface area (Å²) in [5.74, 6) is -0.811. The highest BCUT2D eigenvalue weighted by molar-refractivity contribution is 6.51. The summed E-state index contributed by atoms with van der Waals surface area (Å²) in [6.45, 7) is 1.39. The summed E-state index contributed by atoms with van der Waals surface area (Å²) in [4.78, 5) is 39.4. The Morgan fingerprint density at radius 2 is 1.51 bits per heavy atom. The topological polar surface area (TPSA) is 114 Å². The number of aliphatic hydroxyl groups excluding tert-OH is 1. The molecule has 9 nitrogen and oxygen atoms in total. The quantitative estimate of drug-likeness (QED) is 0.281. The second kappa shape index (κ2) is 10.4. The molecular formula is C28H26N2O7. The van der Waals surface area contributed by atoms with Gasteiger partial charge < -0.3 is 24.6 Å². The van der Waals surface area contributed by atoms with Crippen LogP contribution in [-0.4, -0.2) is 44.0 Å². The Hall–Kier alpha value is -4.79. The predicted molar refractivity (Wildman–Crippen MR) is 138 cm³/mol. The van der Waals surface area contributed by atoms with Crippen molar-refractivity contribution in [3.8, 4) is 17.2 Å². The highest BCUT2D eigenvalue weighted by Crippen LogP contribution is 2.43. The molecule has 37 heavy (non-hydrogen) atoms. The van der Waals surface area contributed by atoms with E-state index in [1.807, 2.05) is 0 Å². The lowest BCUT2D eigenvalue weighted by molar-refractivity contribution is -0.132. The Morgan fingerprint density at radius 1 is 0.865 bits per heavy atom. The lowest BCUT2D eigenvalue weighted by Crippen LogP contribution is -2.29. The molecule has 190 valence electrons. The van der Waals surface area contributed by atoms with Gasteiger partial charge in [0.1, 0.15) is 11.5 Å². The minimum Gasteiger partial charge on any atom is -0.507 e. The summed E-state index contributed by atoms with van der Waals surface area (Å²) in [6.07, 6.45) is 0. The molecule has 4 rings (SSSR count). The summed E-state index contributed by atoms with van der Waals surface area (Å²) >= 11 is 0. The number of hydrogen-bond donors (Lipinski definition) is 2. The van der Waals surface area contributed by atoms with Gasteiger partial charge in [0, 0.05) is 23.9 Å². The maximum absolute atomic E-state index is 13.4. The fraction of sp³-hybridized carbons (Fsp3) is 0.179. The van der Waals surface area contributed by atoms with Crippen molar-refractivity contribution < 1.29 is 33.7 Å². The van der Waals surface area contributed by atoms with E-state index in [0.29, 0.717) is 34.2 Å². The molecule has 9 heteroatoms. The van der Waals surface area contributed by atoms with E-state index in [1.165, 1.54) is 39.2 Å². The zero-order valence-electron chi connectivity index (χ0n) is 20.8. The standard InChI is InChI=1S/C28H26N2O7/c1-16(31)29-19-8-10-20(11-9-19)30-25(17-5-12-21(35-2)13-6-17)24(27(33)28(30)34)26(32)18-7-14-22(36-3)23(15-18)37-4/h5-15,25,32H,1-4H3,(H,29,31)/b26-24-. The zero-order chi connectivity index (χ0) is 26.7. The number of hydrogen-bond acceptors (Lipinski definition) is 7. The number of carbonyl (C=O) groups is 3. The molecule has 1 fully saturated rings. The number of nitrogens with one attached hydrogen (secondary N) is 1. The molecule has 3 aromatic carbocycles. The van der Waals surface area contributed by atoms with Gasteiger partial charge in [-0.05, 0) is 60.2 Å². The maximum Gasteiger partial charge on any atom is 0.300 e. The Balaban J connectivity index is 1.88. The molecule has 1 aliphatic rings. The minimum atomic E-state index is -0.925. The minimum absolute atomic E-state index is 0.0756. The van der Waals surface area contributed by atoms with Crippen LogP contribution in [-0.2, 0) is 14.4 Å². The first kappa shape index (κ1) is 25.3. The van der Waals surface area contributed by atoms with Crippen molar-refractivity contribution in [1.29, 1.82) is 0 Å². The molecule has 0 bridgehead atoms. The average Bonchev–Trinajstić information content (AvgIpc) is 3.18. The molecular weight excluding hydrogens is 476 g/mol. The van der Waals surface area contributed by atoms with Crippen molar-refractivity contribution in [2.45, 2.75) is 13.0 Å². The van der Waals surface area contributed by atoms with Gasteiger partial charge in [0.25, 0.3) is 11.7 Å². The maximum atomic E-state index is 13.4. The number of ketones is 1. The number of nitrogens with zero attached hydrogens (tertiary/aromatic N) is 1. The fourth-order valence-electron chi connectivity index (χ4n) is 4.25. The van der Waals surface area contributed by atoms with Gasteiger partial charge in [0.15, 0.2) is 11.5 Å². The number of methoxy groups -OCH3 is 3. The molecule has 3 aromatic rings. The van der Waals surface area contributed by atoms with E-state index in [9.17, 15) is 19.5 Å². The van der Waals surface area contributed by atoms with E-state index in [4.69, 9.17) is 14.2 Å². The zero-order valence-corrected chi connectivity index (χ0v) is 20.8. The molecule has 1 saturated heterocycles. The SMILES string of the molecule is COc1ccc(C2/C(=C(/O)c3ccc(OC)c(OC)c3)C(=O)C(=O)N2c2ccc(NC(C)=O)cc2)cc1. The van der Waals surface area contributed by atoms with Crippen LogP contribution >= 0.6 is 0 Å². The number of Topliss-reactive ketones (excluding diaryl/α,β-unsaturated/α-hetero) is 1. The molecule has 0 radical (unpaired) electrons. The van der Waals surface area contributed by atoms with E-state index in [2.05, 4.69) is 5.32 Å². The molecule has 0 spiro atoms. The third-order valence-corrected chi connectivity index (χ3v) is 6.00. The van der Waals surface area contributed by atoms with Crippen LogP contribution in [0.2, 0.25) is 0 Å². The highest BCUT2D eigenvalue weighted by Gasteiger charge is 2.47. The van der Waals surface area contributed by atoms with Crippen LogP contribution < -0.4 is 24.4 Å². The number of aliphatic hydroxyl groups is 1. The van der Waals surface area contributed by atoms with E-state index < -0.39 is 17.7 Å². The average molecular weight is 503 g/mol. The molecule has 2 N–H and O–H groups in total. The van der Waals surface area contributed by atoms with Crippen molar-refractivity contribution in [1.82, 2.24) is 0 Å². The lowest BCUT2D eigenvalue weighted by atomic mass is 9.95. The fourth-order valence-corrected chi connectivity index (χ4v) is 4.25. The number of ether oxygens (including phenoxy) is 3. The van der Waals surface area contributed by atoms with Crippen molar-refractivity contribution in [3.05, 3.63) is 83.4 Å². The van der Waals surface area contributed by atoms with Gasteiger partial charge in [0.05, 0.1) is 32.9 Å². The van der Waals surface area contributed by atoms with Crippen LogP contribution in [0, 0.1) is 0 Å². The van der Waals surface area contributed by atoms with Crippen molar-refractivity contribution >= 4 is 34.7 Å². The third-order valence-electron chi connectivity index (χ3n) is 6.00. The van der Waals surface area contributed by atoms with E-state index in [0.717, 1.165) is 0 Å². The van der Waals surface area contributed by atoms with Crippen LogP contribution in [0.3, 0.4) is 0 Å². The van der Waals surface area contributed by atoms with Gasteiger partial charge in [-0.3, -0.25) is 19.3 Å². The number of anilines is 2. The van der Waals surface area contributed by atoms with Gasteiger partial charge in [-0.25, -0.2) is 0 Å². The number of carbonyl (C=O) groups excluding carboxylic acids is 3. The molecule has 1 atom stereocenters. The molecule has 1 unspecified atom stereocenters. The number of rotatable bonds is 7. The van der Waals surface area contributed by atoms with Crippen molar-refractivity contribution in [2.75, 3.05) is 31.5 Å². The normalized spacial score (nSPS) is 16.4. The van der Waals surface area contributed by atoms with Gasteiger partial charge in [-0.2, -0.15) is 0 Å². The molecule has 1 heterocycles. The van der Waals surface area contributed by atoms with Crippen molar-refractivity contribution in [3.63, 3.8) is 0 Å². The van der Waals surface area contributed by atoms with Crippen LogP contribution in [0.5, 0.6) is 17.2 Å². The Bertz CT molecular complexity index is 1380. The lowest BCUT2D eigenvalue weighted by Gasteiger charge is -2.26. The second-order valence-corrected chi connectivity index (χ2v) is 8.24. The summed E-state index contributed by atoms with van der Waals surface area (Å²) in [5, 5.41) is 14.0. The summed E-state index contributed by atoms with van der Waals surface area (Å²) in [6, 6.07) is 17.2. The van der Waals surface area contributed by atoms with Gasteiger partial charge in [-0.15, -0.1) is 0 Å². The highest BCUT2D eigenvalue weighted by atomic mass is 16.5. The van der Waals surface area contributed by atoms with Gasteiger partial charge in [-0.1, -0.05) is 12.1 Å². The number of benzene rings is 3. The molecule has 0 aliphatic carbocycles. The van der Waals surface area contributed by atoms with Gasteiger partial charge in [0.2, 0.25) is 5.91 Å². The predicted octanol–water partition coefficient (Wildman–Crippen LogP) is 4.30. The first-order valence-corrected chi connectivity index (χ1v) is 11.3. The number of amides is 2. The summed E-state index contributed by atoms with van der Waals surface area (Å²) in [5.41, 5.74) is 1.76. The van der Waals surface area contributed by atoms with E-state index >= 15 is 0 Å². The monoisotopic (exact) mass is 502 g/mol. The first-order chi connectivity index (χ1) is 17.8. The molecule has 2 amide bonds.